The van der Waals surface area contributed by atoms with Crippen LogP contribution in [0, 0.1) is 0 Å². The molecule has 0 fully saturated rings. The first kappa shape index (κ1) is 19.0. The topological polar surface area (TPSA) is 83.8 Å². The molecule has 4 N–H and O–H groups in total. The number of H-pyrrole nitrogens is 1. The molecule has 0 aliphatic rings. The number of thiophene rings is 1. The van der Waals surface area contributed by atoms with Gasteiger partial charge < -0.3 is 16.0 Å². The van der Waals surface area contributed by atoms with Crippen LogP contribution < -0.4 is 11.1 Å². The van der Waals surface area contributed by atoms with Crippen molar-refractivity contribution in [1.82, 2.24) is 15.3 Å². The van der Waals surface area contributed by atoms with E-state index in [-0.39, 0.29) is 5.91 Å². The van der Waals surface area contributed by atoms with E-state index in [0.29, 0.717) is 22.1 Å². The van der Waals surface area contributed by atoms with Gasteiger partial charge in [0.2, 0.25) is 5.91 Å². The summed E-state index contributed by atoms with van der Waals surface area (Å²) in [4.78, 5) is 18.1. The first-order valence-corrected chi connectivity index (χ1v) is 9.41. The van der Waals surface area contributed by atoms with Crippen molar-refractivity contribution < 1.29 is 18.0 Å². The number of nitrogen functional groups attached to an aromatic ring is 1. The van der Waals surface area contributed by atoms with Gasteiger partial charge in [-0.1, -0.05) is 6.07 Å². The van der Waals surface area contributed by atoms with Gasteiger partial charge in [-0.25, -0.2) is 4.98 Å². The van der Waals surface area contributed by atoms with E-state index in [1.54, 1.807) is 30.5 Å². The smallest absolute Gasteiger partial charge is 0.383 e. The number of anilines is 1. The fourth-order valence-electron chi connectivity index (χ4n) is 3.12. The third-order valence-electron chi connectivity index (χ3n) is 4.55. The molecule has 0 radical (unpaired) electrons. The van der Waals surface area contributed by atoms with Gasteiger partial charge >= 0.3 is 6.18 Å². The average Bonchev–Trinajstić information content (AvgIpc) is 3.31. The number of nitrogens with two attached hydrogens (primary N) is 1. The van der Waals surface area contributed by atoms with E-state index >= 15 is 0 Å². The third kappa shape index (κ3) is 3.44. The summed E-state index contributed by atoms with van der Waals surface area (Å²) in [6.07, 6.45) is 0.201. The predicted octanol–water partition coefficient (Wildman–Crippen LogP) is 4.80. The molecule has 5 nitrogen and oxygen atoms in total. The largest absolute Gasteiger partial charge is 0.431 e. The molecule has 0 aliphatic carbocycles. The second-order valence-corrected chi connectivity index (χ2v) is 7.26. The monoisotopic (exact) mass is 416 g/mol. The molecule has 4 rings (SSSR count). The van der Waals surface area contributed by atoms with Crippen molar-refractivity contribution in [3.8, 4) is 11.1 Å². The number of carbonyl (C=O) groups excluding carboxylic acids is 1. The van der Waals surface area contributed by atoms with Gasteiger partial charge in [-0.2, -0.15) is 13.2 Å². The van der Waals surface area contributed by atoms with Crippen LogP contribution in [0.4, 0.5) is 19.0 Å². The number of hydrogen-bond acceptors (Lipinski definition) is 4. The molecule has 3 aromatic heterocycles. The molecular weight excluding hydrogens is 401 g/mol. The SMILES string of the molecule is CNC(=O)C=Cc1cnc(N)c2c(-c3ccc4[nH]c(C(F)(F)F)cc4c3)csc12. The lowest BCUT2D eigenvalue weighted by Gasteiger charge is -2.04. The lowest BCUT2D eigenvalue weighted by Crippen LogP contribution is -2.13. The second-order valence-electron chi connectivity index (χ2n) is 6.38. The lowest BCUT2D eigenvalue weighted by atomic mass is 10.0. The summed E-state index contributed by atoms with van der Waals surface area (Å²) in [5.74, 6) is 0.0728. The standard InChI is InChI=1S/C20H15F3N4OS/c1-25-16(28)5-3-11-8-26-19(24)17-13(9-29-18(11)17)10-2-4-14-12(6-10)7-15(27-14)20(21,22)23/h2-9,27H,1H3,(H2,24,26)(H,25,28). The minimum absolute atomic E-state index is 0.245. The number of pyridine rings is 1. The van der Waals surface area contributed by atoms with Gasteiger partial charge in [-0.15, -0.1) is 11.3 Å². The number of aromatic nitrogens is 2. The number of benzene rings is 1. The predicted molar refractivity (Wildman–Crippen MR) is 109 cm³/mol. The number of fused-ring (bicyclic) bond motifs is 2. The number of alkyl halides is 3. The Hall–Kier alpha value is -3.33. The molecule has 1 amide bonds. The maximum Gasteiger partial charge on any atom is 0.431 e. The zero-order chi connectivity index (χ0) is 20.8. The number of nitrogens with zero attached hydrogens (tertiary/aromatic N) is 1. The Bertz CT molecular complexity index is 1270. The highest BCUT2D eigenvalue weighted by molar-refractivity contribution is 7.18. The summed E-state index contributed by atoms with van der Waals surface area (Å²) >= 11 is 1.43. The third-order valence-corrected chi connectivity index (χ3v) is 5.58. The molecule has 0 atom stereocenters. The summed E-state index contributed by atoms with van der Waals surface area (Å²) in [6.45, 7) is 0. The normalized spacial score (nSPS) is 12.3. The van der Waals surface area contributed by atoms with E-state index in [1.807, 2.05) is 5.38 Å². The van der Waals surface area contributed by atoms with Crippen molar-refractivity contribution in [2.75, 3.05) is 12.8 Å². The summed E-state index contributed by atoms with van der Waals surface area (Å²) < 4.78 is 39.8. The number of likely N-dealkylation sites (N-methyl/N-ethyl adjacent to an activating group) is 1. The van der Waals surface area contributed by atoms with Gasteiger partial charge in [0.1, 0.15) is 11.5 Å². The minimum atomic E-state index is -4.44. The highest BCUT2D eigenvalue weighted by Crippen LogP contribution is 2.40. The molecule has 0 bridgehead atoms. The van der Waals surface area contributed by atoms with Crippen LogP contribution in [0.15, 0.2) is 41.9 Å². The molecule has 9 heteroatoms. The molecule has 0 saturated carbocycles. The molecule has 0 unspecified atom stereocenters. The first-order chi connectivity index (χ1) is 13.8. The van der Waals surface area contributed by atoms with Crippen molar-refractivity contribution in [1.29, 1.82) is 0 Å². The fourth-order valence-corrected chi connectivity index (χ4v) is 4.20. The maximum absolute atomic E-state index is 13.0. The van der Waals surface area contributed by atoms with Crippen LogP contribution in [0.1, 0.15) is 11.3 Å². The average molecular weight is 416 g/mol. The van der Waals surface area contributed by atoms with E-state index in [2.05, 4.69) is 15.3 Å². The number of aromatic amines is 1. The van der Waals surface area contributed by atoms with Crippen LogP contribution >= 0.6 is 11.3 Å². The van der Waals surface area contributed by atoms with Crippen molar-refractivity contribution in [3.63, 3.8) is 0 Å². The molecular formula is C20H15F3N4OS. The van der Waals surface area contributed by atoms with Gasteiger partial charge in [-0.3, -0.25) is 4.79 Å². The van der Waals surface area contributed by atoms with E-state index in [4.69, 9.17) is 5.73 Å². The quantitative estimate of drug-likeness (QED) is 0.419. The number of amides is 1. The highest BCUT2D eigenvalue weighted by Gasteiger charge is 2.32. The number of nitrogens with one attached hydrogen (secondary N) is 2. The van der Waals surface area contributed by atoms with E-state index in [1.165, 1.54) is 24.5 Å². The van der Waals surface area contributed by atoms with Gasteiger partial charge in [-0.05, 0) is 35.2 Å². The Balaban J connectivity index is 1.84. The van der Waals surface area contributed by atoms with Gasteiger partial charge in [0.15, 0.2) is 0 Å². The van der Waals surface area contributed by atoms with Crippen molar-refractivity contribution >= 4 is 50.1 Å². The number of carbonyl (C=O) groups is 1. The number of rotatable bonds is 3. The summed E-state index contributed by atoms with van der Waals surface area (Å²) in [7, 11) is 1.54. The van der Waals surface area contributed by atoms with Gasteiger partial charge in [0.05, 0.1) is 0 Å². The molecule has 0 saturated heterocycles. The van der Waals surface area contributed by atoms with E-state index in [0.717, 1.165) is 27.5 Å². The van der Waals surface area contributed by atoms with Gasteiger partial charge in [0.25, 0.3) is 0 Å². The number of halogens is 3. The number of hydrogen-bond donors (Lipinski definition) is 3. The van der Waals surface area contributed by atoms with Crippen LogP contribution in [0.5, 0.6) is 0 Å². The summed E-state index contributed by atoms with van der Waals surface area (Å²) in [6, 6.07) is 6.14. The summed E-state index contributed by atoms with van der Waals surface area (Å²) in [5, 5.41) is 5.56. The second kappa shape index (κ2) is 6.93. The first-order valence-electron chi connectivity index (χ1n) is 8.53. The molecule has 0 aliphatic heterocycles. The lowest BCUT2D eigenvalue weighted by molar-refractivity contribution is -0.140. The molecule has 4 aromatic rings. The van der Waals surface area contributed by atoms with E-state index < -0.39 is 11.9 Å². The Morgan fingerprint density at radius 1 is 1.31 bits per heavy atom. The molecule has 1 aromatic carbocycles. The van der Waals surface area contributed by atoms with E-state index in [9.17, 15) is 18.0 Å². The highest BCUT2D eigenvalue weighted by atomic mass is 32.1. The van der Waals surface area contributed by atoms with Crippen LogP contribution in [-0.2, 0) is 11.0 Å². The molecule has 148 valence electrons. The van der Waals surface area contributed by atoms with Crippen LogP contribution in [0.25, 0.3) is 38.2 Å². The molecule has 29 heavy (non-hydrogen) atoms. The Kier molecular flexibility index (Phi) is 4.54. The van der Waals surface area contributed by atoms with Crippen LogP contribution in [-0.4, -0.2) is 22.9 Å². The summed E-state index contributed by atoms with van der Waals surface area (Å²) in [5.41, 5.74) is 7.96. The molecule has 0 spiro atoms. The zero-order valence-corrected chi connectivity index (χ0v) is 15.9. The Morgan fingerprint density at radius 3 is 2.83 bits per heavy atom. The molecule has 3 heterocycles. The minimum Gasteiger partial charge on any atom is -0.383 e. The Labute approximate surface area is 167 Å². The zero-order valence-electron chi connectivity index (χ0n) is 15.1. The van der Waals surface area contributed by atoms with Gasteiger partial charge in [0, 0.05) is 51.4 Å². The Morgan fingerprint density at radius 2 is 2.10 bits per heavy atom. The maximum atomic E-state index is 13.0. The van der Waals surface area contributed by atoms with Crippen molar-refractivity contribution in [3.05, 3.63) is 53.2 Å². The van der Waals surface area contributed by atoms with Crippen LogP contribution in [0.3, 0.4) is 0 Å². The fraction of sp³-hybridized carbons (Fsp3) is 0.100. The van der Waals surface area contributed by atoms with Crippen molar-refractivity contribution in [2.24, 2.45) is 0 Å². The van der Waals surface area contributed by atoms with Crippen molar-refractivity contribution in [2.45, 2.75) is 6.18 Å². The van der Waals surface area contributed by atoms with Crippen LogP contribution in [0.2, 0.25) is 0 Å².